The molecule has 0 radical (unpaired) electrons. The number of rotatable bonds is 6. The van der Waals surface area contributed by atoms with Gasteiger partial charge in [-0.2, -0.15) is 0 Å². The zero-order valence-electron chi connectivity index (χ0n) is 11.7. The van der Waals surface area contributed by atoms with Gasteiger partial charge in [0, 0.05) is 18.2 Å². The molecule has 2 N–H and O–H groups in total. The Balaban J connectivity index is 2.13. The van der Waals surface area contributed by atoms with Crippen LogP contribution in [0, 0.1) is 0 Å². The summed E-state index contributed by atoms with van der Waals surface area (Å²) in [4.78, 5) is 2.38. The number of aromatic hydroxyl groups is 2. The number of hydrogen-bond acceptors (Lipinski definition) is 4. The maximum absolute atomic E-state index is 9.82. The molecule has 0 aromatic heterocycles. The maximum atomic E-state index is 9.82. The molecule has 19 heavy (non-hydrogen) atoms. The van der Waals surface area contributed by atoms with Crippen molar-refractivity contribution in [2.45, 2.75) is 39.4 Å². The highest BCUT2D eigenvalue weighted by molar-refractivity contribution is 5.47. The monoisotopic (exact) mass is 265 g/mol. The second-order valence-corrected chi connectivity index (χ2v) is 5.13. The van der Waals surface area contributed by atoms with Crippen LogP contribution in [0.1, 0.15) is 43.9 Å². The molecule has 0 aliphatic carbocycles. The van der Waals surface area contributed by atoms with Crippen molar-refractivity contribution in [3.05, 3.63) is 23.3 Å². The zero-order chi connectivity index (χ0) is 13.8. The Morgan fingerprint density at radius 2 is 1.89 bits per heavy atom. The molecule has 1 aromatic rings. The topological polar surface area (TPSA) is 52.9 Å². The minimum absolute atomic E-state index is 0.0499. The molecule has 0 spiro atoms. The van der Waals surface area contributed by atoms with Gasteiger partial charge < -0.3 is 19.8 Å². The average Bonchev–Trinajstić information content (AvgIpc) is 2.73. The molecule has 0 saturated heterocycles. The fraction of sp³-hybridized carbons (Fsp3) is 0.600. The predicted octanol–water partition coefficient (Wildman–Crippen LogP) is 2.79. The molecule has 0 saturated carbocycles. The standard InChI is InChI=1S/C15H23NO3/c1-3-5-16(6-4-2)9-15-12-7-11(17)8-14(18)13(12)10-19-15/h7-8,15,17-18H,3-6,9-10H2,1-2H3. The van der Waals surface area contributed by atoms with Crippen LogP contribution >= 0.6 is 0 Å². The van der Waals surface area contributed by atoms with Gasteiger partial charge in [0.1, 0.15) is 11.5 Å². The summed E-state index contributed by atoms with van der Waals surface area (Å²) in [5.41, 5.74) is 1.74. The van der Waals surface area contributed by atoms with Crippen molar-refractivity contribution in [2.24, 2.45) is 0 Å². The van der Waals surface area contributed by atoms with Gasteiger partial charge in [0.15, 0.2) is 0 Å². The highest BCUT2D eigenvalue weighted by Crippen LogP contribution is 2.39. The molecular formula is C15H23NO3. The van der Waals surface area contributed by atoms with Crippen molar-refractivity contribution in [2.75, 3.05) is 19.6 Å². The normalized spacial score (nSPS) is 17.9. The predicted molar refractivity (Wildman–Crippen MR) is 74.3 cm³/mol. The first-order valence-electron chi connectivity index (χ1n) is 7.04. The molecule has 0 amide bonds. The van der Waals surface area contributed by atoms with Gasteiger partial charge in [-0.1, -0.05) is 13.8 Å². The molecule has 4 nitrogen and oxygen atoms in total. The molecule has 1 unspecified atom stereocenters. The van der Waals surface area contributed by atoms with Crippen LogP contribution in [0.15, 0.2) is 12.1 Å². The first-order valence-corrected chi connectivity index (χ1v) is 7.04. The van der Waals surface area contributed by atoms with E-state index in [0.29, 0.717) is 6.61 Å². The quantitative estimate of drug-likeness (QED) is 0.830. The van der Waals surface area contributed by atoms with Crippen molar-refractivity contribution in [1.82, 2.24) is 4.90 Å². The second-order valence-electron chi connectivity index (χ2n) is 5.13. The lowest BCUT2D eigenvalue weighted by molar-refractivity contribution is 0.0361. The molecule has 1 aliphatic heterocycles. The van der Waals surface area contributed by atoms with Crippen LogP contribution in [0.3, 0.4) is 0 Å². The van der Waals surface area contributed by atoms with E-state index in [2.05, 4.69) is 18.7 Å². The number of nitrogens with zero attached hydrogens (tertiary/aromatic N) is 1. The molecule has 106 valence electrons. The van der Waals surface area contributed by atoms with Gasteiger partial charge in [-0.15, -0.1) is 0 Å². The van der Waals surface area contributed by atoms with Gasteiger partial charge in [-0.3, -0.25) is 0 Å². The van der Waals surface area contributed by atoms with Gasteiger partial charge in [-0.05, 0) is 37.6 Å². The fourth-order valence-electron chi connectivity index (χ4n) is 2.69. The summed E-state index contributed by atoms with van der Waals surface area (Å²) < 4.78 is 5.77. The van der Waals surface area contributed by atoms with Crippen LogP contribution in [0.5, 0.6) is 11.5 Å². The molecule has 2 rings (SSSR count). The van der Waals surface area contributed by atoms with Gasteiger partial charge in [-0.25, -0.2) is 0 Å². The summed E-state index contributed by atoms with van der Waals surface area (Å²) in [7, 11) is 0. The van der Waals surface area contributed by atoms with E-state index < -0.39 is 0 Å². The van der Waals surface area contributed by atoms with Gasteiger partial charge in [0.2, 0.25) is 0 Å². The van der Waals surface area contributed by atoms with Crippen LogP contribution in [0.25, 0.3) is 0 Å². The Bertz CT molecular complexity index is 428. The number of hydrogen-bond donors (Lipinski definition) is 2. The lowest BCUT2D eigenvalue weighted by atomic mass is 10.0. The fourth-order valence-corrected chi connectivity index (χ4v) is 2.69. The van der Waals surface area contributed by atoms with Crippen molar-refractivity contribution in [1.29, 1.82) is 0 Å². The largest absolute Gasteiger partial charge is 0.508 e. The number of benzene rings is 1. The van der Waals surface area contributed by atoms with Crippen molar-refractivity contribution in [3.8, 4) is 11.5 Å². The second kappa shape index (κ2) is 6.26. The molecular weight excluding hydrogens is 242 g/mol. The lowest BCUT2D eigenvalue weighted by Gasteiger charge is -2.24. The number of phenolic OH excluding ortho intramolecular Hbond substituents is 2. The molecule has 1 heterocycles. The summed E-state index contributed by atoms with van der Waals surface area (Å²) in [6, 6.07) is 3.09. The third-order valence-corrected chi connectivity index (χ3v) is 3.53. The van der Waals surface area contributed by atoms with E-state index in [9.17, 15) is 10.2 Å². The van der Waals surface area contributed by atoms with Crippen LogP contribution < -0.4 is 0 Å². The van der Waals surface area contributed by atoms with E-state index in [1.54, 1.807) is 6.07 Å². The Kier molecular flexibility index (Phi) is 4.66. The smallest absolute Gasteiger partial charge is 0.125 e. The summed E-state index contributed by atoms with van der Waals surface area (Å²) in [5.74, 6) is 0.235. The van der Waals surface area contributed by atoms with E-state index in [0.717, 1.165) is 43.6 Å². The molecule has 0 bridgehead atoms. The van der Waals surface area contributed by atoms with Crippen LogP contribution in [-0.2, 0) is 11.3 Å². The SMILES string of the molecule is CCCN(CCC)CC1OCc2c(O)cc(O)cc21. The first kappa shape index (κ1) is 14.2. The Labute approximate surface area is 114 Å². The third kappa shape index (κ3) is 3.19. The van der Waals surface area contributed by atoms with E-state index in [4.69, 9.17) is 4.74 Å². The van der Waals surface area contributed by atoms with Crippen LogP contribution in [0.2, 0.25) is 0 Å². The van der Waals surface area contributed by atoms with Gasteiger partial charge in [0.25, 0.3) is 0 Å². The molecule has 1 aromatic carbocycles. The third-order valence-electron chi connectivity index (χ3n) is 3.53. The molecule has 0 fully saturated rings. The maximum Gasteiger partial charge on any atom is 0.125 e. The summed E-state index contributed by atoms with van der Waals surface area (Å²) in [6.07, 6.45) is 2.18. The van der Waals surface area contributed by atoms with Crippen molar-refractivity contribution >= 4 is 0 Å². The van der Waals surface area contributed by atoms with Crippen molar-refractivity contribution in [3.63, 3.8) is 0 Å². The molecule has 4 heteroatoms. The summed E-state index contributed by atoms with van der Waals surface area (Å²) in [5, 5.41) is 19.4. The van der Waals surface area contributed by atoms with E-state index >= 15 is 0 Å². The highest BCUT2D eigenvalue weighted by Gasteiger charge is 2.28. The minimum atomic E-state index is -0.0499. The minimum Gasteiger partial charge on any atom is -0.508 e. The van der Waals surface area contributed by atoms with Crippen molar-refractivity contribution < 1.29 is 14.9 Å². The lowest BCUT2D eigenvalue weighted by Crippen LogP contribution is -2.30. The first-order chi connectivity index (χ1) is 9.15. The van der Waals surface area contributed by atoms with E-state index in [1.165, 1.54) is 6.07 Å². The van der Waals surface area contributed by atoms with Gasteiger partial charge >= 0.3 is 0 Å². The van der Waals surface area contributed by atoms with Crippen LogP contribution in [0.4, 0.5) is 0 Å². The van der Waals surface area contributed by atoms with E-state index in [-0.39, 0.29) is 17.6 Å². The number of ether oxygens (including phenoxy) is 1. The van der Waals surface area contributed by atoms with Crippen LogP contribution in [-0.4, -0.2) is 34.7 Å². The highest BCUT2D eigenvalue weighted by atomic mass is 16.5. The summed E-state index contributed by atoms with van der Waals surface area (Å²) in [6.45, 7) is 7.69. The Morgan fingerprint density at radius 3 is 2.53 bits per heavy atom. The average molecular weight is 265 g/mol. The van der Waals surface area contributed by atoms with Gasteiger partial charge in [0.05, 0.1) is 12.7 Å². The number of phenols is 2. The Hall–Kier alpha value is -1.26. The number of fused-ring (bicyclic) bond motifs is 1. The molecule has 1 aliphatic rings. The van der Waals surface area contributed by atoms with E-state index in [1.807, 2.05) is 0 Å². The summed E-state index contributed by atoms with van der Waals surface area (Å²) >= 11 is 0. The zero-order valence-corrected chi connectivity index (χ0v) is 11.7. The molecule has 1 atom stereocenters. The Morgan fingerprint density at radius 1 is 1.21 bits per heavy atom.